The number of aliphatic hydroxyl groups excluding tert-OH is 3. The molecule has 4 nitrogen and oxygen atoms in total. The molecule has 0 aliphatic rings. The van der Waals surface area contributed by atoms with E-state index in [1.165, 1.54) is 0 Å². The molecule has 0 fully saturated rings. The summed E-state index contributed by atoms with van der Waals surface area (Å²) in [6.45, 7) is -0.519. The number of carbonyl (C=O) groups excluding carboxylic acids is 1. The number of aliphatic hydroxyl groups is 3. The maximum atomic E-state index is 9.68. The summed E-state index contributed by atoms with van der Waals surface area (Å²) in [6.07, 6.45) is -1.98. The Morgan fingerprint density at radius 3 is 2.10 bits per heavy atom. The van der Waals surface area contributed by atoms with Crippen LogP contribution in [0.2, 0.25) is 0 Å². The Hall–Kier alpha value is -0.0200. The average Bonchev–Trinajstić information content (AvgIpc) is 1.87. The smallest absolute Gasteiger partial charge is 0.122 e. The molecule has 0 saturated heterocycles. The van der Waals surface area contributed by atoms with Crippen LogP contribution in [0.25, 0.3) is 0 Å². The van der Waals surface area contributed by atoms with Crippen LogP contribution in [0.3, 0.4) is 0 Å². The van der Waals surface area contributed by atoms with Gasteiger partial charge >= 0.3 is 0 Å². The molecule has 0 heterocycles. The topological polar surface area (TPSA) is 77.8 Å². The van der Waals surface area contributed by atoms with E-state index in [1.807, 2.05) is 0 Å². The van der Waals surface area contributed by atoms with Crippen molar-refractivity contribution in [2.24, 2.45) is 0 Å². The standard InChI is InChI=1S/C5H10O4.H3P/c6-2-1-4(8)5(9)3-7;/h2,4-5,7-9H,1,3H2;1H3. The monoisotopic (exact) mass is 168 g/mol. The number of hydrogen-bond acceptors (Lipinski definition) is 4. The van der Waals surface area contributed by atoms with E-state index >= 15 is 0 Å². The molecule has 0 aliphatic carbocycles. The van der Waals surface area contributed by atoms with Crippen molar-refractivity contribution < 1.29 is 20.1 Å². The number of rotatable bonds is 4. The molecule has 0 aromatic carbocycles. The van der Waals surface area contributed by atoms with Gasteiger partial charge in [-0.2, -0.15) is 9.90 Å². The molecule has 0 spiro atoms. The molecular weight excluding hydrogens is 155 g/mol. The minimum Gasteiger partial charge on any atom is -0.394 e. The van der Waals surface area contributed by atoms with Gasteiger partial charge in [-0.05, 0) is 0 Å². The highest BCUT2D eigenvalue weighted by molar-refractivity contribution is 6.92. The van der Waals surface area contributed by atoms with Gasteiger partial charge in [-0.1, -0.05) is 0 Å². The van der Waals surface area contributed by atoms with Crippen molar-refractivity contribution in [2.75, 3.05) is 6.61 Å². The van der Waals surface area contributed by atoms with Gasteiger partial charge in [-0.3, -0.25) is 0 Å². The fraction of sp³-hybridized carbons (Fsp3) is 0.800. The molecule has 10 heavy (non-hydrogen) atoms. The van der Waals surface area contributed by atoms with Gasteiger partial charge in [-0.15, -0.1) is 0 Å². The second-order valence-corrected chi connectivity index (χ2v) is 1.72. The second-order valence-electron chi connectivity index (χ2n) is 1.72. The molecule has 0 saturated carbocycles. The van der Waals surface area contributed by atoms with Crippen molar-refractivity contribution in [1.29, 1.82) is 0 Å². The summed E-state index contributed by atoms with van der Waals surface area (Å²) < 4.78 is 0. The van der Waals surface area contributed by atoms with E-state index in [0.29, 0.717) is 6.29 Å². The van der Waals surface area contributed by atoms with E-state index in [1.54, 1.807) is 0 Å². The van der Waals surface area contributed by atoms with Gasteiger partial charge < -0.3 is 20.1 Å². The molecule has 0 amide bonds. The molecule has 0 aromatic heterocycles. The third kappa shape index (κ3) is 4.82. The highest BCUT2D eigenvalue weighted by Gasteiger charge is 2.13. The van der Waals surface area contributed by atoms with E-state index in [-0.39, 0.29) is 16.3 Å². The van der Waals surface area contributed by atoms with Gasteiger partial charge in [0.1, 0.15) is 12.4 Å². The zero-order valence-electron chi connectivity index (χ0n) is 5.60. The van der Waals surface area contributed by atoms with Gasteiger partial charge in [0.25, 0.3) is 0 Å². The minimum atomic E-state index is -1.20. The Balaban J connectivity index is 0. The lowest BCUT2D eigenvalue weighted by Crippen LogP contribution is -2.29. The second kappa shape index (κ2) is 7.09. The number of hydrogen-bond donors (Lipinski definition) is 3. The van der Waals surface area contributed by atoms with Crippen LogP contribution in [0, 0.1) is 0 Å². The molecule has 62 valence electrons. The van der Waals surface area contributed by atoms with Crippen LogP contribution >= 0.6 is 9.90 Å². The van der Waals surface area contributed by atoms with Crippen molar-refractivity contribution >= 4 is 16.2 Å². The number of carbonyl (C=O) groups is 1. The Kier molecular flexibility index (Phi) is 8.96. The first kappa shape index (κ1) is 12.6. The molecule has 0 rings (SSSR count). The lowest BCUT2D eigenvalue weighted by atomic mass is 10.2. The molecule has 0 bridgehead atoms. The van der Waals surface area contributed by atoms with Crippen LogP contribution in [0.5, 0.6) is 0 Å². The van der Waals surface area contributed by atoms with Crippen LogP contribution in [-0.4, -0.2) is 40.4 Å². The third-order valence-electron chi connectivity index (χ3n) is 0.969. The van der Waals surface area contributed by atoms with E-state index in [2.05, 4.69) is 0 Å². The molecule has 0 radical (unpaired) electrons. The summed E-state index contributed by atoms with van der Waals surface area (Å²) in [7, 11) is 0. The van der Waals surface area contributed by atoms with Crippen molar-refractivity contribution in [3.8, 4) is 0 Å². The SMILES string of the molecule is O=CCC(O)C(O)CO.P. The first-order valence-corrected chi connectivity index (χ1v) is 2.63. The molecule has 3 atom stereocenters. The fourth-order valence-corrected chi connectivity index (χ4v) is 0.377. The summed E-state index contributed by atoms with van der Waals surface area (Å²) in [6, 6.07) is 0. The van der Waals surface area contributed by atoms with Gasteiger partial charge in [0.15, 0.2) is 0 Å². The third-order valence-corrected chi connectivity index (χ3v) is 0.969. The lowest BCUT2D eigenvalue weighted by molar-refractivity contribution is -0.111. The van der Waals surface area contributed by atoms with E-state index in [0.717, 1.165) is 0 Å². The van der Waals surface area contributed by atoms with Crippen molar-refractivity contribution in [3.05, 3.63) is 0 Å². The first-order chi connectivity index (χ1) is 4.22. The normalized spacial score (nSPS) is 15.1. The Bertz CT molecular complexity index is 87.7. The molecule has 0 aliphatic heterocycles. The van der Waals surface area contributed by atoms with Gasteiger partial charge in [-0.25, -0.2) is 0 Å². The Labute approximate surface area is 62.5 Å². The lowest BCUT2D eigenvalue weighted by Gasteiger charge is -2.11. The molecule has 3 N–H and O–H groups in total. The number of aldehydes is 1. The van der Waals surface area contributed by atoms with E-state index in [4.69, 9.17) is 15.3 Å². The maximum Gasteiger partial charge on any atom is 0.122 e. The van der Waals surface area contributed by atoms with Crippen LogP contribution < -0.4 is 0 Å². The predicted octanol–water partition coefficient (Wildman–Crippen LogP) is -1.65. The molecule has 0 aromatic rings. The van der Waals surface area contributed by atoms with Crippen LogP contribution in [0.15, 0.2) is 0 Å². The highest BCUT2D eigenvalue weighted by Crippen LogP contribution is 1.94. The molecule has 3 unspecified atom stereocenters. The van der Waals surface area contributed by atoms with E-state index < -0.39 is 18.8 Å². The summed E-state index contributed by atoms with van der Waals surface area (Å²) in [4.78, 5) is 9.68. The van der Waals surface area contributed by atoms with Gasteiger partial charge in [0, 0.05) is 6.42 Å². The quantitative estimate of drug-likeness (QED) is 0.347. The fourth-order valence-electron chi connectivity index (χ4n) is 0.377. The maximum absolute atomic E-state index is 9.68. The summed E-state index contributed by atoms with van der Waals surface area (Å²) >= 11 is 0. The molecule has 5 heteroatoms. The average molecular weight is 168 g/mol. The van der Waals surface area contributed by atoms with Crippen molar-refractivity contribution in [2.45, 2.75) is 18.6 Å². The Morgan fingerprint density at radius 1 is 1.30 bits per heavy atom. The highest BCUT2D eigenvalue weighted by atomic mass is 31.0. The zero-order chi connectivity index (χ0) is 7.28. The van der Waals surface area contributed by atoms with Crippen LogP contribution in [-0.2, 0) is 4.79 Å². The summed E-state index contributed by atoms with van der Waals surface area (Å²) in [5.41, 5.74) is 0. The largest absolute Gasteiger partial charge is 0.394 e. The van der Waals surface area contributed by atoms with Crippen molar-refractivity contribution in [1.82, 2.24) is 0 Å². The van der Waals surface area contributed by atoms with Gasteiger partial charge in [0.05, 0.1) is 12.7 Å². The summed E-state index contributed by atoms with van der Waals surface area (Å²) in [5, 5.41) is 25.5. The zero-order valence-corrected chi connectivity index (χ0v) is 7.02. The van der Waals surface area contributed by atoms with Crippen molar-refractivity contribution in [3.63, 3.8) is 0 Å². The minimum absolute atomic E-state index is 0. The van der Waals surface area contributed by atoms with Crippen LogP contribution in [0.1, 0.15) is 6.42 Å². The molecular formula is C5H13O4P. The van der Waals surface area contributed by atoms with Crippen LogP contribution in [0.4, 0.5) is 0 Å². The first-order valence-electron chi connectivity index (χ1n) is 2.63. The summed E-state index contributed by atoms with van der Waals surface area (Å²) in [5.74, 6) is 0. The predicted molar refractivity (Wildman–Crippen MR) is 40.9 cm³/mol. The van der Waals surface area contributed by atoms with E-state index in [9.17, 15) is 4.79 Å². The Morgan fingerprint density at radius 2 is 1.80 bits per heavy atom. The van der Waals surface area contributed by atoms with Gasteiger partial charge in [0.2, 0.25) is 0 Å².